The van der Waals surface area contributed by atoms with Gasteiger partial charge in [0.15, 0.2) is 0 Å². The third-order valence-electron chi connectivity index (χ3n) is 11.0. The molecule has 0 radical (unpaired) electrons. The van der Waals surface area contributed by atoms with Gasteiger partial charge in [0.2, 0.25) is 0 Å². The predicted molar refractivity (Wildman–Crippen MR) is 231 cm³/mol. The Bertz CT molecular complexity index is 3210. The van der Waals surface area contributed by atoms with Crippen LogP contribution in [0.15, 0.2) is 211 Å². The second-order valence-electron chi connectivity index (χ2n) is 14.1. The molecule has 0 bridgehead atoms. The van der Waals surface area contributed by atoms with Crippen LogP contribution in [0.5, 0.6) is 0 Å². The number of rotatable bonds is 6. The van der Waals surface area contributed by atoms with E-state index in [-0.39, 0.29) is 0 Å². The lowest BCUT2D eigenvalue weighted by atomic mass is 9.98. The Morgan fingerprint density at radius 2 is 1.02 bits per heavy atom. The highest BCUT2D eigenvalue weighted by Crippen LogP contribution is 2.45. The number of hydrogen-bond donors (Lipinski definition) is 0. The fraction of sp³-hybridized carbons (Fsp3) is 0. The summed E-state index contributed by atoms with van der Waals surface area (Å²) in [4.78, 5) is 2.40. The minimum absolute atomic E-state index is 0.893. The highest BCUT2D eigenvalue weighted by molar-refractivity contribution is 6.12. The first kappa shape index (κ1) is 31.2. The third-order valence-corrected chi connectivity index (χ3v) is 11.0. The summed E-state index contributed by atoms with van der Waals surface area (Å²) in [5, 5.41) is 7.11. The summed E-state index contributed by atoms with van der Waals surface area (Å²) < 4.78 is 8.69. The van der Waals surface area contributed by atoms with Crippen molar-refractivity contribution in [1.29, 1.82) is 0 Å². The van der Waals surface area contributed by atoms with E-state index >= 15 is 0 Å². The lowest BCUT2D eigenvalue weighted by Crippen LogP contribution is -2.11. The molecule has 11 aromatic rings. The fourth-order valence-corrected chi connectivity index (χ4v) is 8.43. The highest BCUT2D eigenvalue weighted by atomic mass is 16.3. The zero-order valence-corrected chi connectivity index (χ0v) is 29.9. The van der Waals surface area contributed by atoms with Crippen LogP contribution >= 0.6 is 0 Å². The van der Waals surface area contributed by atoms with Gasteiger partial charge in [-0.3, -0.25) is 0 Å². The summed E-state index contributed by atoms with van der Waals surface area (Å²) in [7, 11) is 0. The van der Waals surface area contributed by atoms with E-state index in [0.717, 1.165) is 61.3 Å². The van der Waals surface area contributed by atoms with Crippen molar-refractivity contribution in [3.05, 3.63) is 206 Å². The Hall–Kier alpha value is -7.36. The zero-order chi connectivity index (χ0) is 36.3. The van der Waals surface area contributed by atoms with Gasteiger partial charge >= 0.3 is 0 Å². The Balaban J connectivity index is 1.17. The van der Waals surface area contributed by atoms with Crippen molar-refractivity contribution in [3.8, 4) is 27.9 Å². The standard InChI is InChI=1S/C52H34N2O/c1-3-15-35(16-4-1)45-31-36-17-7-8-18-37(36)33-49(45)54-48-25-13-10-22-42(48)43-29-28-40(34-50(43)54)53(39-19-5-2-6-20-39)47-24-12-9-21-41(47)38-27-30-52-46(32-38)44-23-11-14-26-51(44)55-52/h1-34H. The molecule has 0 saturated heterocycles. The first-order chi connectivity index (χ1) is 27.3. The van der Waals surface area contributed by atoms with E-state index in [4.69, 9.17) is 4.42 Å². The molecule has 258 valence electrons. The average Bonchev–Trinajstić information content (AvgIpc) is 3.79. The molecule has 0 N–H and O–H groups in total. The van der Waals surface area contributed by atoms with Crippen LogP contribution in [-0.4, -0.2) is 4.57 Å². The summed E-state index contributed by atoms with van der Waals surface area (Å²) in [6.45, 7) is 0. The monoisotopic (exact) mass is 702 g/mol. The van der Waals surface area contributed by atoms with Crippen LogP contribution in [-0.2, 0) is 0 Å². The minimum Gasteiger partial charge on any atom is -0.456 e. The molecule has 0 unspecified atom stereocenters. The molecule has 0 atom stereocenters. The van der Waals surface area contributed by atoms with Crippen molar-refractivity contribution in [2.24, 2.45) is 0 Å². The molecule has 0 aliphatic carbocycles. The van der Waals surface area contributed by atoms with Crippen molar-refractivity contribution in [2.75, 3.05) is 4.90 Å². The minimum atomic E-state index is 0.893. The maximum atomic E-state index is 6.22. The van der Waals surface area contributed by atoms with Gasteiger partial charge in [0.05, 0.1) is 22.4 Å². The number of anilines is 3. The second kappa shape index (κ2) is 12.6. The molecule has 0 spiro atoms. The topological polar surface area (TPSA) is 21.3 Å². The van der Waals surface area contributed by atoms with Crippen LogP contribution in [0.2, 0.25) is 0 Å². The molecule has 11 rings (SSSR count). The van der Waals surface area contributed by atoms with E-state index in [9.17, 15) is 0 Å². The normalized spacial score (nSPS) is 11.6. The molecule has 0 aliphatic heterocycles. The van der Waals surface area contributed by atoms with Crippen molar-refractivity contribution in [1.82, 2.24) is 4.57 Å². The lowest BCUT2D eigenvalue weighted by molar-refractivity contribution is 0.669. The fourth-order valence-electron chi connectivity index (χ4n) is 8.43. The summed E-state index contributed by atoms with van der Waals surface area (Å²) >= 11 is 0. The van der Waals surface area contributed by atoms with Crippen molar-refractivity contribution in [2.45, 2.75) is 0 Å². The summed E-state index contributed by atoms with van der Waals surface area (Å²) in [5.41, 5.74) is 13.2. The van der Waals surface area contributed by atoms with Gasteiger partial charge in [-0.05, 0) is 88.6 Å². The Morgan fingerprint density at radius 1 is 0.364 bits per heavy atom. The first-order valence-electron chi connectivity index (χ1n) is 18.8. The predicted octanol–water partition coefficient (Wildman–Crippen LogP) is 14.6. The number of hydrogen-bond acceptors (Lipinski definition) is 2. The molecule has 0 aliphatic rings. The number of benzene rings is 9. The molecule has 0 saturated carbocycles. The molecule has 2 heterocycles. The van der Waals surface area contributed by atoms with Crippen LogP contribution in [0.25, 0.3) is 82.5 Å². The van der Waals surface area contributed by atoms with E-state index in [0.29, 0.717) is 0 Å². The van der Waals surface area contributed by atoms with Gasteiger partial charge < -0.3 is 13.9 Å². The van der Waals surface area contributed by atoms with Gasteiger partial charge in [-0.25, -0.2) is 0 Å². The van der Waals surface area contributed by atoms with Gasteiger partial charge in [0, 0.05) is 44.0 Å². The average molecular weight is 703 g/mol. The van der Waals surface area contributed by atoms with Gasteiger partial charge in [-0.15, -0.1) is 0 Å². The van der Waals surface area contributed by atoms with Gasteiger partial charge in [-0.1, -0.05) is 140 Å². The highest BCUT2D eigenvalue weighted by Gasteiger charge is 2.22. The number of fused-ring (bicyclic) bond motifs is 7. The zero-order valence-electron chi connectivity index (χ0n) is 29.9. The van der Waals surface area contributed by atoms with Gasteiger partial charge in [-0.2, -0.15) is 0 Å². The molecule has 3 heteroatoms. The van der Waals surface area contributed by atoms with E-state index in [2.05, 4.69) is 204 Å². The van der Waals surface area contributed by atoms with Gasteiger partial charge in [0.25, 0.3) is 0 Å². The molecule has 0 fully saturated rings. The van der Waals surface area contributed by atoms with Crippen LogP contribution in [0.3, 0.4) is 0 Å². The number of nitrogens with zero attached hydrogens (tertiary/aromatic N) is 2. The molecule has 9 aromatic carbocycles. The summed E-state index contributed by atoms with van der Waals surface area (Å²) in [5.74, 6) is 0. The van der Waals surface area contributed by atoms with Crippen molar-refractivity contribution >= 4 is 71.6 Å². The summed E-state index contributed by atoms with van der Waals surface area (Å²) in [6.07, 6.45) is 0. The maximum Gasteiger partial charge on any atom is 0.135 e. The summed E-state index contributed by atoms with van der Waals surface area (Å²) in [6, 6.07) is 74.1. The molecular weight excluding hydrogens is 669 g/mol. The quantitative estimate of drug-likeness (QED) is 0.172. The Labute approximate surface area is 318 Å². The molecule has 3 nitrogen and oxygen atoms in total. The maximum absolute atomic E-state index is 6.22. The van der Waals surface area contributed by atoms with Crippen molar-refractivity contribution < 1.29 is 4.42 Å². The molecule has 0 amide bonds. The van der Waals surface area contributed by atoms with E-state index in [1.54, 1.807) is 0 Å². The molecular formula is C52H34N2O. The molecule has 2 aromatic heterocycles. The van der Waals surface area contributed by atoms with Crippen molar-refractivity contribution in [3.63, 3.8) is 0 Å². The van der Waals surface area contributed by atoms with E-state index in [1.165, 1.54) is 38.2 Å². The smallest absolute Gasteiger partial charge is 0.135 e. The number of aromatic nitrogens is 1. The van der Waals surface area contributed by atoms with Crippen LogP contribution < -0.4 is 4.90 Å². The van der Waals surface area contributed by atoms with Gasteiger partial charge in [0.1, 0.15) is 11.2 Å². The Morgan fingerprint density at radius 3 is 1.87 bits per heavy atom. The van der Waals surface area contributed by atoms with Crippen LogP contribution in [0.1, 0.15) is 0 Å². The Kier molecular flexibility index (Phi) is 7.17. The largest absolute Gasteiger partial charge is 0.456 e. The van der Waals surface area contributed by atoms with Crippen LogP contribution in [0, 0.1) is 0 Å². The van der Waals surface area contributed by atoms with E-state index in [1.807, 2.05) is 12.1 Å². The van der Waals surface area contributed by atoms with Crippen LogP contribution in [0.4, 0.5) is 17.1 Å². The lowest BCUT2D eigenvalue weighted by Gasteiger charge is -2.28. The first-order valence-corrected chi connectivity index (χ1v) is 18.8. The molecule has 55 heavy (non-hydrogen) atoms. The number of para-hydroxylation sites is 4. The SMILES string of the molecule is c1ccc(-c2cc3ccccc3cc2-n2c3ccccc3c3ccc(N(c4ccccc4)c4ccccc4-c4ccc5oc6ccccc6c5c4)cc32)cc1. The van der Waals surface area contributed by atoms with E-state index < -0.39 is 0 Å². The third kappa shape index (κ3) is 5.13. The number of furan rings is 1. The second-order valence-corrected chi connectivity index (χ2v) is 14.1.